The molecule has 0 unspecified atom stereocenters. The fourth-order valence-electron chi connectivity index (χ4n) is 3.49. The van der Waals surface area contributed by atoms with Gasteiger partial charge in [0.25, 0.3) is 0 Å². The number of carboxylic acid groups (broad SMARTS) is 1. The van der Waals surface area contributed by atoms with Gasteiger partial charge in [0, 0.05) is 39.3 Å². The summed E-state index contributed by atoms with van der Waals surface area (Å²) in [6.07, 6.45) is 1.91. The van der Waals surface area contributed by atoms with E-state index < -0.39 is 5.97 Å². The maximum atomic E-state index is 12.6. The number of aromatic carboxylic acids is 1. The average molecular weight is 331 g/mol. The Labute approximate surface area is 142 Å². The summed E-state index contributed by atoms with van der Waals surface area (Å²) in [6, 6.07) is 7.24. The minimum atomic E-state index is -0.897. The van der Waals surface area contributed by atoms with Crippen molar-refractivity contribution in [2.24, 2.45) is 5.92 Å². The SMILES string of the molecule is CN1CCN(C(=O)N2CC[C@H](Cc3ccc(C(=O)O)cc3)C2)CC1. The highest BCUT2D eigenvalue weighted by Crippen LogP contribution is 2.22. The highest BCUT2D eigenvalue weighted by Gasteiger charge is 2.30. The predicted octanol–water partition coefficient (Wildman–Crippen LogP) is 1.62. The van der Waals surface area contributed by atoms with Crippen molar-refractivity contribution in [2.45, 2.75) is 12.8 Å². The van der Waals surface area contributed by atoms with Crippen LogP contribution in [-0.4, -0.2) is 78.1 Å². The van der Waals surface area contributed by atoms with E-state index in [1.165, 1.54) is 0 Å². The van der Waals surface area contributed by atoms with Gasteiger partial charge in [-0.2, -0.15) is 0 Å². The average Bonchev–Trinajstić information content (AvgIpc) is 3.04. The number of hydrogen-bond donors (Lipinski definition) is 1. The predicted molar refractivity (Wildman–Crippen MR) is 91.3 cm³/mol. The molecule has 0 aliphatic carbocycles. The van der Waals surface area contributed by atoms with Crippen LogP contribution in [0, 0.1) is 5.92 Å². The Hall–Kier alpha value is -2.08. The first-order chi connectivity index (χ1) is 11.5. The zero-order valence-corrected chi connectivity index (χ0v) is 14.1. The second kappa shape index (κ2) is 7.21. The quantitative estimate of drug-likeness (QED) is 0.914. The summed E-state index contributed by atoms with van der Waals surface area (Å²) in [4.78, 5) is 29.7. The Morgan fingerprint density at radius 3 is 2.33 bits per heavy atom. The van der Waals surface area contributed by atoms with Gasteiger partial charge in [-0.15, -0.1) is 0 Å². The Kier molecular flexibility index (Phi) is 5.04. The molecule has 1 N–H and O–H groups in total. The zero-order valence-electron chi connectivity index (χ0n) is 14.1. The molecule has 130 valence electrons. The monoisotopic (exact) mass is 331 g/mol. The van der Waals surface area contributed by atoms with E-state index in [1.807, 2.05) is 21.9 Å². The lowest BCUT2D eigenvalue weighted by atomic mass is 9.98. The van der Waals surface area contributed by atoms with Crippen molar-refractivity contribution in [1.82, 2.24) is 14.7 Å². The van der Waals surface area contributed by atoms with Gasteiger partial charge >= 0.3 is 12.0 Å². The minimum absolute atomic E-state index is 0.173. The van der Waals surface area contributed by atoms with Crippen LogP contribution in [0.25, 0.3) is 0 Å². The molecule has 0 radical (unpaired) electrons. The first kappa shape index (κ1) is 16.8. The fraction of sp³-hybridized carbons (Fsp3) is 0.556. The van der Waals surface area contributed by atoms with E-state index in [1.54, 1.807) is 12.1 Å². The number of carboxylic acids is 1. The van der Waals surface area contributed by atoms with Crippen LogP contribution in [0.4, 0.5) is 4.79 Å². The van der Waals surface area contributed by atoms with Gasteiger partial charge in [0.1, 0.15) is 0 Å². The number of hydrogen-bond acceptors (Lipinski definition) is 3. The van der Waals surface area contributed by atoms with Gasteiger partial charge in [0.2, 0.25) is 0 Å². The summed E-state index contributed by atoms with van der Waals surface area (Å²) in [5, 5.41) is 8.94. The Balaban J connectivity index is 1.51. The number of carbonyl (C=O) groups excluding carboxylic acids is 1. The molecule has 3 rings (SSSR count). The Morgan fingerprint density at radius 2 is 1.71 bits per heavy atom. The Bertz CT molecular complexity index is 594. The van der Waals surface area contributed by atoms with E-state index in [0.717, 1.165) is 57.7 Å². The van der Waals surface area contributed by atoms with Crippen LogP contribution < -0.4 is 0 Å². The van der Waals surface area contributed by atoms with E-state index in [9.17, 15) is 9.59 Å². The molecule has 6 nitrogen and oxygen atoms in total. The van der Waals surface area contributed by atoms with Crippen molar-refractivity contribution >= 4 is 12.0 Å². The van der Waals surface area contributed by atoms with Crippen LogP contribution in [0.3, 0.4) is 0 Å². The van der Waals surface area contributed by atoms with Crippen LogP contribution in [0.2, 0.25) is 0 Å². The molecule has 1 aromatic carbocycles. The van der Waals surface area contributed by atoms with Gasteiger partial charge in [-0.1, -0.05) is 12.1 Å². The summed E-state index contributed by atoms with van der Waals surface area (Å²) >= 11 is 0. The molecule has 6 heteroatoms. The highest BCUT2D eigenvalue weighted by atomic mass is 16.4. The normalized spacial score (nSPS) is 22.0. The third-order valence-corrected chi connectivity index (χ3v) is 5.06. The van der Waals surface area contributed by atoms with Crippen molar-refractivity contribution in [3.8, 4) is 0 Å². The molecule has 2 saturated heterocycles. The maximum Gasteiger partial charge on any atom is 0.335 e. The zero-order chi connectivity index (χ0) is 17.1. The number of amides is 2. The van der Waals surface area contributed by atoms with Crippen molar-refractivity contribution in [3.63, 3.8) is 0 Å². The lowest BCUT2D eigenvalue weighted by Crippen LogP contribution is -2.51. The highest BCUT2D eigenvalue weighted by molar-refractivity contribution is 5.87. The molecule has 1 atom stereocenters. The van der Waals surface area contributed by atoms with E-state index in [0.29, 0.717) is 11.5 Å². The van der Waals surface area contributed by atoms with Gasteiger partial charge in [-0.05, 0) is 43.5 Å². The molecule has 1 aromatic rings. The number of likely N-dealkylation sites (tertiary alicyclic amines) is 1. The van der Waals surface area contributed by atoms with Gasteiger partial charge in [0.05, 0.1) is 5.56 Å². The van der Waals surface area contributed by atoms with Crippen LogP contribution >= 0.6 is 0 Å². The number of piperazine rings is 1. The third-order valence-electron chi connectivity index (χ3n) is 5.06. The molecule has 0 saturated carbocycles. The van der Waals surface area contributed by atoms with E-state index in [2.05, 4.69) is 11.9 Å². The van der Waals surface area contributed by atoms with E-state index in [-0.39, 0.29) is 6.03 Å². The second-order valence-corrected chi connectivity index (χ2v) is 6.88. The van der Waals surface area contributed by atoms with E-state index >= 15 is 0 Å². The topological polar surface area (TPSA) is 64.1 Å². The molecule has 0 spiro atoms. The largest absolute Gasteiger partial charge is 0.478 e. The van der Waals surface area contributed by atoms with Crippen molar-refractivity contribution in [1.29, 1.82) is 0 Å². The Morgan fingerprint density at radius 1 is 1.04 bits per heavy atom. The van der Waals surface area contributed by atoms with E-state index in [4.69, 9.17) is 5.11 Å². The number of urea groups is 1. The summed E-state index contributed by atoms with van der Waals surface area (Å²) in [6.45, 7) is 5.13. The molecule has 0 bridgehead atoms. The van der Waals surface area contributed by atoms with Crippen LogP contribution in [0.5, 0.6) is 0 Å². The van der Waals surface area contributed by atoms with Crippen molar-refractivity contribution in [3.05, 3.63) is 35.4 Å². The van der Waals surface area contributed by atoms with Crippen molar-refractivity contribution < 1.29 is 14.7 Å². The van der Waals surface area contributed by atoms with Crippen molar-refractivity contribution in [2.75, 3.05) is 46.3 Å². The maximum absolute atomic E-state index is 12.6. The smallest absolute Gasteiger partial charge is 0.335 e. The molecule has 2 amide bonds. The molecule has 2 heterocycles. The fourth-order valence-corrected chi connectivity index (χ4v) is 3.49. The molecular weight excluding hydrogens is 306 g/mol. The van der Waals surface area contributed by atoms with Crippen LogP contribution in [0.15, 0.2) is 24.3 Å². The first-order valence-corrected chi connectivity index (χ1v) is 8.57. The molecule has 2 aliphatic rings. The van der Waals surface area contributed by atoms with Gasteiger partial charge in [-0.25, -0.2) is 9.59 Å². The molecule has 2 aliphatic heterocycles. The summed E-state index contributed by atoms with van der Waals surface area (Å²) in [7, 11) is 2.09. The van der Waals surface area contributed by atoms with Gasteiger partial charge in [0.15, 0.2) is 0 Å². The van der Waals surface area contributed by atoms with Gasteiger partial charge < -0.3 is 19.8 Å². The van der Waals surface area contributed by atoms with Crippen LogP contribution in [0.1, 0.15) is 22.3 Å². The summed E-state index contributed by atoms with van der Waals surface area (Å²) in [5.41, 5.74) is 1.45. The number of benzene rings is 1. The second-order valence-electron chi connectivity index (χ2n) is 6.88. The first-order valence-electron chi connectivity index (χ1n) is 8.57. The number of nitrogens with zero attached hydrogens (tertiary/aromatic N) is 3. The molecule has 2 fully saturated rings. The summed E-state index contributed by atoms with van der Waals surface area (Å²) < 4.78 is 0. The lowest BCUT2D eigenvalue weighted by molar-refractivity contribution is 0.0697. The third kappa shape index (κ3) is 3.87. The number of carbonyl (C=O) groups is 2. The molecule has 24 heavy (non-hydrogen) atoms. The van der Waals surface area contributed by atoms with Crippen LogP contribution in [-0.2, 0) is 6.42 Å². The lowest BCUT2D eigenvalue weighted by Gasteiger charge is -2.35. The molecular formula is C18H25N3O3. The van der Waals surface area contributed by atoms with Gasteiger partial charge in [-0.3, -0.25) is 0 Å². The molecule has 0 aromatic heterocycles. The summed E-state index contributed by atoms with van der Waals surface area (Å²) in [5.74, 6) is -0.441. The number of likely N-dealkylation sites (N-methyl/N-ethyl adjacent to an activating group) is 1. The minimum Gasteiger partial charge on any atom is -0.478 e. The number of rotatable bonds is 3. The standard InChI is InChI=1S/C18H25N3O3/c1-19-8-10-20(11-9-19)18(24)21-7-6-15(13-21)12-14-2-4-16(5-3-14)17(22)23/h2-5,15H,6-13H2,1H3,(H,22,23)/t15-/m1/s1.